The molecule has 1 aromatic carbocycles. The van der Waals surface area contributed by atoms with Crippen LogP contribution < -0.4 is 21.0 Å². The maximum Gasteiger partial charge on any atom is 0.262 e. The van der Waals surface area contributed by atoms with Crippen molar-refractivity contribution in [2.24, 2.45) is 0 Å². The molecule has 0 aliphatic carbocycles. The molecule has 1 aliphatic heterocycles. The molecule has 1 aromatic heterocycles. The van der Waals surface area contributed by atoms with E-state index < -0.39 is 29.6 Å². The molecule has 3 rings (SSSR count). The van der Waals surface area contributed by atoms with Crippen LogP contribution in [0.25, 0.3) is 10.9 Å². The second kappa shape index (κ2) is 7.83. The van der Waals surface area contributed by atoms with Gasteiger partial charge in [-0.1, -0.05) is 0 Å². The SMILES string of the molecule is CCn1cc(C(=O)NCC(C)(F)F)c(=O)c2cc(F)c(N3CCNCC3)cc21. The highest BCUT2D eigenvalue weighted by atomic mass is 19.3. The Morgan fingerprint density at radius 2 is 1.96 bits per heavy atom. The average Bonchev–Trinajstić information content (AvgIpc) is 2.66. The number of benzene rings is 1. The van der Waals surface area contributed by atoms with Gasteiger partial charge >= 0.3 is 0 Å². The fourth-order valence-corrected chi connectivity index (χ4v) is 3.30. The number of amides is 1. The molecule has 1 aliphatic rings. The third kappa shape index (κ3) is 4.14. The third-order valence-electron chi connectivity index (χ3n) is 4.75. The van der Waals surface area contributed by atoms with Gasteiger partial charge in [-0.25, -0.2) is 13.2 Å². The van der Waals surface area contributed by atoms with Gasteiger partial charge in [0.1, 0.15) is 11.4 Å². The molecule has 1 amide bonds. The molecule has 2 N–H and O–H groups in total. The minimum absolute atomic E-state index is 0.0501. The van der Waals surface area contributed by atoms with E-state index in [9.17, 15) is 22.8 Å². The molecule has 0 unspecified atom stereocenters. The lowest BCUT2D eigenvalue weighted by Crippen LogP contribution is -2.44. The maximum atomic E-state index is 14.7. The standard InChI is InChI=1S/C19H23F3N4O2/c1-3-25-10-13(18(28)24-11-19(2,21)22)17(27)12-8-14(20)16(9-15(12)25)26-6-4-23-5-7-26/h8-10,23H,3-7,11H2,1-2H3,(H,24,28). The number of hydrogen-bond donors (Lipinski definition) is 2. The molecule has 0 atom stereocenters. The zero-order valence-electron chi connectivity index (χ0n) is 15.8. The Balaban J connectivity index is 2.06. The number of nitrogens with zero attached hydrogens (tertiary/aromatic N) is 2. The Labute approximate surface area is 160 Å². The molecule has 0 saturated carbocycles. The Hall–Kier alpha value is -2.55. The summed E-state index contributed by atoms with van der Waals surface area (Å²) in [7, 11) is 0. The van der Waals surface area contributed by atoms with E-state index in [0.717, 1.165) is 19.2 Å². The van der Waals surface area contributed by atoms with Crippen molar-refractivity contribution in [2.45, 2.75) is 26.3 Å². The molecule has 2 aromatic rings. The average molecular weight is 396 g/mol. The molecule has 28 heavy (non-hydrogen) atoms. The zero-order chi connectivity index (χ0) is 20.5. The number of hydrogen-bond acceptors (Lipinski definition) is 4. The van der Waals surface area contributed by atoms with Crippen molar-refractivity contribution in [3.05, 3.63) is 39.9 Å². The zero-order valence-corrected chi connectivity index (χ0v) is 15.8. The Bertz CT molecular complexity index is 947. The van der Waals surface area contributed by atoms with Gasteiger partial charge in [0.15, 0.2) is 0 Å². The van der Waals surface area contributed by atoms with Crippen molar-refractivity contribution in [1.82, 2.24) is 15.2 Å². The van der Waals surface area contributed by atoms with Gasteiger partial charge in [-0.15, -0.1) is 0 Å². The summed E-state index contributed by atoms with van der Waals surface area (Å²) in [6, 6.07) is 2.75. The summed E-state index contributed by atoms with van der Waals surface area (Å²) in [6.45, 7) is 4.79. The summed E-state index contributed by atoms with van der Waals surface area (Å²) >= 11 is 0. The Morgan fingerprint density at radius 3 is 2.57 bits per heavy atom. The molecule has 0 radical (unpaired) electrons. The fraction of sp³-hybridized carbons (Fsp3) is 0.474. The summed E-state index contributed by atoms with van der Waals surface area (Å²) in [5, 5.41) is 5.31. The number of anilines is 1. The van der Waals surface area contributed by atoms with Crippen LogP contribution in [0.2, 0.25) is 0 Å². The van der Waals surface area contributed by atoms with Crippen LogP contribution in [0.3, 0.4) is 0 Å². The van der Waals surface area contributed by atoms with Crippen LogP contribution in [0.1, 0.15) is 24.2 Å². The van der Waals surface area contributed by atoms with Crippen LogP contribution in [0.15, 0.2) is 23.1 Å². The van der Waals surface area contributed by atoms with Gasteiger partial charge in [-0.3, -0.25) is 9.59 Å². The third-order valence-corrected chi connectivity index (χ3v) is 4.75. The molecular weight excluding hydrogens is 373 g/mol. The van der Waals surface area contributed by atoms with Gasteiger partial charge < -0.3 is 20.1 Å². The molecule has 6 nitrogen and oxygen atoms in total. The first-order chi connectivity index (χ1) is 13.2. The normalized spacial score (nSPS) is 15.1. The number of aryl methyl sites for hydroxylation is 1. The van der Waals surface area contributed by atoms with Crippen molar-refractivity contribution in [3.63, 3.8) is 0 Å². The lowest BCUT2D eigenvalue weighted by atomic mass is 10.1. The molecular formula is C19H23F3N4O2. The largest absolute Gasteiger partial charge is 0.367 e. The number of pyridine rings is 1. The molecule has 1 saturated heterocycles. The van der Waals surface area contributed by atoms with Gasteiger partial charge in [-0.2, -0.15) is 0 Å². The number of carbonyl (C=O) groups excluding carboxylic acids is 1. The molecule has 2 heterocycles. The second-order valence-electron chi connectivity index (χ2n) is 6.97. The Morgan fingerprint density at radius 1 is 1.29 bits per heavy atom. The van der Waals surface area contributed by atoms with Gasteiger partial charge in [0, 0.05) is 51.2 Å². The van der Waals surface area contributed by atoms with Gasteiger partial charge in [-0.05, 0) is 19.1 Å². The summed E-state index contributed by atoms with van der Waals surface area (Å²) in [5.41, 5.74) is -0.0615. The minimum Gasteiger partial charge on any atom is -0.367 e. The highest BCUT2D eigenvalue weighted by molar-refractivity contribution is 5.97. The maximum absolute atomic E-state index is 14.7. The van der Waals surface area contributed by atoms with Gasteiger partial charge in [0.2, 0.25) is 5.43 Å². The molecule has 0 spiro atoms. The Kier molecular flexibility index (Phi) is 5.64. The van der Waals surface area contributed by atoms with E-state index in [0.29, 0.717) is 37.8 Å². The summed E-state index contributed by atoms with van der Waals surface area (Å²) in [6.07, 6.45) is 1.34. The van der Waals surface area contributed by atoms with Crippen LogP contribution in [0.5, 0.6) is 0 Å². The van der Waals surface area contributed by atoms with E-state index in [-0.39, 0.29) is 10.9 Å². The quantitative estimate of drug-likeness (QED) is 0.811. The van der Waals surface area contributed by atoms with E-state index in [1.165, 1.54) is 6.20 Å². The monoisotopic (exact) mass is 396 g/mol. The highest BCUT2D eigenvalue weighted by Gasteiger charge is 2.24. The number of alkyl halides is 2. The fourth-order valence-electron chi connectivity index (χ4n) is 3.30. The molecule has 9 heteroatoms. The second-order valence-corrected chi connectivity index (χ2v) is 6.97. The number of halogens is 3. The highest BCUT2D eigenvalue weighted by Crippen LogP contribution is 2.25. The molecule has 0 bridgehead atoms. The van der Waals surface area contributed by atoms with E-state index in [1.807, 2.05) is 11.8 Å². The van der Waals surface area contributed by atoms with Crippen molar-refractivity contribution in [1.29, 1.82) is 0 Å². The van der Waals surface area contributed by atoms with E-state index >= 15 is 0 Å². The van der Waals surface area contributed by atoms with Crippen LogP contribution in [-0.4, -0.2) is 49.1 Å². The summed E-state index contributed by atoms with van der Waals surface area (Å²) in [5.74, 6) is -4.55. The number of piperazine rings is 1. The first-order valence-corrected chi connectivity index (χ1v) is 9.19. The predicted molar refractivity (Wildman–Crippen MR) is 102 cm³/mol. The first kappa shape index (κ1) is 20.2. The summed E-state index contributed by atoms with van der Waals surface area (Å²) < 4.78 is 42.4. The topological polar surface area (TPSA) is 66.4 Å². The van der Waals surface area contributed by atoms with E-state index in [4.69, 9.17) is 0 Å². The van der Waals surface area contributed by atoms with E-state index in [1.54, 1.807) is 10.6 Å². The summed E-state index contributed by atoms with van der Waals surface area (Å²) in [4.78, 5) is 26.9. The predicted octanol–water partition coefficient (Wildman–Crippen LogP) is 1.96. The van der Waals surface area contributed by atoms with Crippen molar-refractivity contribution in [3.8, 4) is 0 Å². The number of aromatic nitrogens is 1. The lowest BCUT2D eigenvalue weighted by Gasteiger charge is -2.30. The van der Waals surface area contributed by atoms with Crippen molar-refractivity contribution < 1.29 is 18.0 Å². The number of nitrogens with one attached hydrogen (secondary N) is 2. The van der Waals surface area contributed by atoms with Gasteiger partial charge in [0.05, 0.1) is 17.7 Å². The smallest absolute Gasteiger partial charge is 0.262 e. The van der Waals surface area contributed by atoms with E-state index in [2.05, 4.69) is 10.6 Å². The van der Waals surface area contributed by atoms with Crippen molar-refractivity contribution in [2.75, 3.05) is 37.6 Å². The molecule has 152 valence electrons. The molecule has 1 fully saturated rings. The van der Waals surface area contributed by atoms with Crippen LogP contribution >= 0.6 is 0 Å². The van der Waals surface area contributed by atoms with Gasteiger partial charge in [0.25, 0.3) is 11.8 Å². The number of carbonyl (C=O) groups is 1. The number of rotatable bonds is 5. The minimum atomic E-state index is -3.10. The van der Waals surface area contributed by atoms with Crippen LogP contribution in [0, 0.1) is 5.82 Å². The van der Waals surface area contributed by atoms with Crippen LogP contribution in [-0.2, 0) is 6.54 Å². The first-order valence-electron chi connectivity index (χ1n) is 9.19. The van der Waals surface area contributed by atoms with Crippen LogP contribution in [0.4, 0.5) is 18.9 Å². The lowest BCUT2D eigenvalue weighted by molar-refractivity contribution is 0.0220. The van der Waals surface area contributed by atoms with Crippen molar-refractivity contribution >= 4 is 22.5 Å². The number of fused-ring (bicyclic) bond motifs is 1.